The maximum absolute atomic E-state index is 6.68. The molecule has 7 nitrogen and oxygen atoms in total. The highest BCUT2D eigenvalue weighted by Gasteiger charge is 2.47. The predicted molar refractivity (Wildman–Crippen MR) is 114 cm³/mol. The molecular weight excluding hydrogens is 398 g/mol. The first-order valence-corrected chi connectivity index (χ1v) is 10.8. The van der Waals surface area contributed by atoms with Crippen LogP contribution >= 0.6 is 0 Å². The van der Waals surface area contributed by atoms with E-state index in [1.807, 2.05) is 18.2 Å². The van der Waals surface area contributed by atoms with Crippen molar-refractivity contribution in [3.63, 3.8) is 0 Å². The Morgan fingerprint density at radius 3 is 2.13 bits per heavy atom. The van der Waals surface area contributed by atoms with E-state index in [4.69, 9.17) is 28.4 Å². The number of hydrogen-bond donors (Lipinski definition) is 1. The van der Waals surface area contributed by atoms with Crippen LogP contribution in [-0.2, 0) is 0 Å². The van der Waals surface area contributed by atoms with Crippen LogP contribution in [0.3, 0.4) is 0 Å². The van der Waals surface area contributed by atoms with Crippen molar-refractivity contribution in [1.29, 1.82) is 0 Å². The van der Waals surface area contributed by atoms with Gasteiger partial charge in [-0.25, -0.2) is 0 Å². The standard InChI is InChI=1S/C24H29NO6/c1-24(25-7-5-6-8-25)13-17(15-9-21(26-2)23(28-4)22(10-15)27-3)16-11-19-20(30-14-29-19)12-18(16)31-24/h9-12,17H,5-8,13-14H2,1-4H3/p+1/t17-,24-/m1/s1. The molecule has 0 radical (unpaired) electrons. The summed E-state index contributed by atoms with van der Waals surface area (Å²) in [5.41, 5.74) is 1.86. The largest absolute Gasteiger partial charge is 0.493 e. The van der Waals surface area contributed by atoms with Gasteiger partial charge in [-0.1, -0.05) is 0 Å². The number of benzene rings is 2. The molecule has 1 fully saturated rings. The third-order valence-corrected chi connectivity index (χ3v) is 6.85. The second-order valence-corrected chi connectivity index (χ2v) is 8.60. The molecule has 2 aromatic carbocycles. The smallest absolute Gasteiger partial charge is 0.239 e. The highest BCUT2D eigenvalue weighted by atomic mass is 16.7. The van der Waals surface area contributed by atoms with Crippen LogP contribution in [0.2, 0.25) is 0 Å². The van der Waals surface area contributed by atoms with Gasteiger partial charge in [0, 0.05) is 37.3 Å². The Bertz CT molecular complexity index is 961. The summed E-state index contributed by atoms with van der Waals surface area (Å²) in [6, 6.07) is 8.14. The Hall–Kier alpha value is -2.80. The monoisotopic (exact) mass is 428 g/mol. The fourth-order valence-corrected chi connectivity index (χ4v) is 5.23. The molecule has 0 saturated carbocycles. The topological polar surface area (TPSA) is 59.8 Å². The Morgan fingerprint density at radius 2 is 1.52 bits per heavy atom. The van der Waals surface area contributed by atoms with E-state index < -0.39 is 0 Å². The normalized spacial score (nSPS) is 24.5. The van der Waals surface area contributed by atoms with Crippen LogP contribution in [0, 0.1) is 0 Å². The van der Waals surface area contributed by atoms with Gasteiger partial charge in [-0.3, -0.25) is 4.90 Å². The molecule has 1 saturated heterocycles. The van der Waals surface area contributed by atoms with Gasteiger partial charge in [-0.05, 0) is 23.8 Å². The maximum atomic E-state index is 6.68. The van der Waals surface area contributed by atoms with Crippen LogP contribution in [0.1, 0.15) is 43.2 Å². The van der Waals surface area contributed by atoms with E-state index in [9.17, 15) is 0 Å². The second kappa shape index (κ2) is 7.71. The molecule has 2 atom stereocenters. The summed E-state index contributed by atoms with van der Waals surface area (Å²) in [5.74, 6) is 4.35. The van der Waals surface area contributed by atoms with E-state index in [2.05, 4.69) is 13.0 Å². The van der Waals surface area contributed by atoms with E-state index in [-0.39, 0.29) is 18.4 Å². The number of fused-ring (bicyclic) bond motifs is 2. The molecule has 0 aromatic heterocycles. The summed E-state index contributed by atoms with van der Waals surface area (Å²) in [4.78, 5) is 1.49. The van der Waals surface area contributed by atoms with Crippen molar-refractivity contribution in [1.82, 2.24) is 0 Å². The van der Waals surface area contributed by atoms with E-state index in [0.29, 0.717) is 17.2 Å². The molecule has 31 heavy (non-hydrogen) atoms. The molecule has 0 spiro atoms. The van der Waals surface area contributed by atoms with Crippen molar-refractivity contribution in [2.24, 2.45) is 0 Å². The summed E-state index contributed by atoms with van der Waals surface area (Å²) in [5, 5.41) is 0. The first kappa shape index (κ1) is 20.1. The van der Waals surface area contributed by atoms with Crippen LogP contribution < -0.4 is 33.3 Å². The van der Waals surface area contributed by atoms with Crippen molar-refractivity contribution >= 4 is 0 Å². The molecule has 0 bridgehead atoms. The van der Waals surface area contributed by atoms with Crippen molar-refractivity contribution < 1.29 is 33.3 Å². The number of methoxy groups -OCH3 is 3. The van der Waals surface area contributed by atoms with Crippen molar-refractivity contribution in [3.8, 4) is 34.5 Å². The fraction of sp³-hybridized carbons (Fsp3) is 0.500. The third kappa shape index (κ3) is 3.31. The van der Waals surface area contributed by atoms with Crippen LogP contribution in [0.4, 0.5) is 0 Å². The van der Waals surface area contributed by atoms with Gasteiger partial charge in [0.1, 0.15) is 5.75 Å². The molecule has 3 aliphatic heterocycles. The van der Waals surface area contributed by atoms with Gasteiger partial charge in [0.2, 0.25) is 18.3 Å². The lowest BCUT2D eigenvalue weighted by atomic mass is 9.81. The second-order valence-electron chi connectivity index (χ2n) is 8.60. The molecule has 166 valence electrons. The average Bonchev–Trinajstić information content (AvgIpc) is 3.48. The van der Waals surface area contributed by atoms with Gasteiger partial charge in [-0.2, -0.15) is 0 Å². The number of ether oxygens (including phenoxy) is 6. The SMILES string of the molecule is COc1cc([C@H]2C[C@](C)([NH+]3CCCC3)Oc3cc4c(cc32)OCO4)cc(OC)c1OC. The number of rotatable bonds is 5. The molecule has 7 heteroatoms. The van der Waals surface area contributed by atoms with Gasteiger partial charge in [0.15, 0.2) is 23.0 Å². The van der Waals surface area contributed by atoms with E-state index in [0.717, 1.165) is 47.9 Å². The average molecular weight is 429 g/mol. The van der Waals surface area contributed by atoms with Crippen LogP contribution in [-0.4, -0.2) is 46.9 Å². The van der Waals surface area contributed by atoms with Crippen molar-refractivity contribution in [3.05, 3.63) is 35.4 Å². The predicted octanol–water partition coefficient (Wildman–Crippen LogP) is 2.75. The highest BCUT2D eigenvalue weighted by molar-refractivity contribution is 5.59. The molecule has 2 aromatic rings. The summed E-state index contributed by atoms with van der Waals surface area (Å²) in [6.45, 7) is 4.71. The molecule has 3 aliphatic rings. The van der Waals surface area contributed by atoms with E-state index in [1.54, 1.807) is 21.3 Å². The maximum Gasteiger partial charge on any atom is 0.239 e. The summed E-state index contributed by atoms with van der Waals surface area (Å²) < 4.78 is 34.8. The zero-order valence-corrected chi connectivity index (χ0v) is 18.6. The Balaban J connectivity index is 1.65. The molecule has 1 N–H and O–H groups in total. The highest BCUT2D eigenvalue weighted by Crippen LogP contribution is 2.50. The first-order chi connectivity index (χ1) is 15.1. The molecule has 0 aliphatic carbocycles. The van der Waals surface area contributed by atoms with E-state index in [1.165, 1.54) is 17.7 Å². The first-order valence-electron chi connectivity index (χ1n) is 10.8. The number of hydrogen-bond acceptors (Lipinski definition) is 6. The van der Waals surface area contributed by atoms with E-state index >= 15 is 0 Å². The lowest BCUT2D eigenvalue weighted by Gasteiger charge is -2.42. The van der Waals surface area contributed by atoms with Crippen molar-refractivity contribution in [2.75, 3.05) is 41.2 Å². The number of likely N-dealkylation sites (tertiary alicyclic amines) is 1. The van der Waals surface area contributed by atoms with Gasteiger partial charge in [-0.15, -0.1) is 0 Å². The van der Waals surface area contributed by atoms with Crippen LogP contribution in [0.15, 0.2) is 24.3 Å². The zero-order chi connectivity index (χ0) is 21.6. The van der Waals surface area contributed by atoms with Crippen molar-refractivity contribution in [2.45, 2.75) is 37.8 Å². The Kier molecular flexibility index (Phi) is 5.01. The Morgan fingerprint density at radius 1 is 0.871 bits per heavy atom. The van der Waals surface area contributed by atoms with Gasteiger partial charge in [0.05, 0.1) is 40.8 Å². The van der Waals surface area contributed by atoms with Crippen LogP contribution in [0.5, 0.6) is 34.5 Å². The third-order valence-electron chi connectivity index (χ3n) is 6.85. The summed E-state index contributed by atoms with van der Waals surface area (Å²) >= 11 is 0. The number of nitrogens with one attached hydrogen (secondary N) is 1. The minimum atomic E-state index is -0.331. The van der Waals surface area contributed by atoms with Gasteiger partial charge >= 0.3 is 0 Å². The van der Waals surface area contributed by atoms with Crippen LogP contribution in [0.25, 0.3) is 0 Å². The lowest BCUT2D eigenvalue weighted by Crippen LogP contribution is -3.19. The van der Waals surface area contributed by atoms with Gasteiger partial charge in [0.25, 0.3) is 0 Å². The molecule has 3 heterocycles. The molecular formula is C24H30NO6+. The lowest BCUT2D eigenvalue weighted by molar-refractivity contribution is -0.962. The summed E-state index contributed by atoms with van der Waals surface area (Å²) in [6.07, 6.45) is 3.31. The minimum Gasteiger partial charge on any atom is -0.493 e. The number of quaternary nitrogens is 1. The molecule has 0 unspecified atom stereocenters. The van der Waals surface area contributed by atoms with Gasteiger partial charge < -0.3 is 28.4 Å². The quantitative estimate of drug-likeness (QED) is 0.790. The molecule has 5 rings (SSSR count). The minimum absolute atomic E-state index is 0.0880. The summed E-state index contributed by atoms with van der Waals surface area (Å²) in [7, 11) is 4.92. The zero-order valence-electron chi connectivity index (χ0n) is 18.6. The molecule has 0 amide bonds. The Labute approximate surface area is 182 Å². The fourth-order valence-electron chi connectivity index (χ4n) is 5.23.